The van der Waals surface area contributed by atoms with E-state index in [1.165, 1.54) is 37.3 Å². The van der Waals surface area contributed by atoms with E-state index in [1.807, 2.05) is 11.6 Å². The van der Waals surface area contributed by atoms with E-state index in [4.69, 9.17) is 0 Å². The van der Waals surface area contributed by atoms with E-state index in [2.05, 4.69) is 16.0 Å². The number of urea groups is 1. The van der Waals surface area contributed by atoms with Crippen molar-refractivity contribution in [2.45, 2.75) is 31.6 Å². The molecule has 0 fully saturated rings. The van der Waals surface area contributed by atoms with Gasteiger partial charge in [0.25, 0.3) is 15.9 Å². The average Bonchev–Trinajstić information content (AvgIpc) is 2.68. The van der Waals surface area contributed by atoms with Crippen molar-refractivity contribution < 1.29 is 22.8 Å². The second kappa shape index (κ2) is 10.4. The summed E-state index contributed by atoms with van der Waals surface area (Å²) in [5, 5.41) is 7.71. The number of nitrogens with one attached hydrogen (secondary N) is 4. The molecule has 0 saturated heterocycles. The lowest BCUT2D eigenvalue weighted by Gasteiger charge is -2.10. The monoisotopic (exact) mass is 432 g/mol. The first-order chi connectivity index (χ1) is 14.2. The zero-order valence-electron chi connectivity index (χ0n) is 16.7. The zero-order chi connectivity index (χ0) is 22.1. The Morgan fingerprint density at radius 2 is 1.63 bits per heavy atom. The Morgan fingerprint density at radius 1 is 0.933 bits per heavy atom. The molecule has 4 amide bonds. The Kier molecular flexibility index (Phi) is 7.93. The number of benzene rings is 2. The molecule has 0 heterocycles. The van der Waals surface area contributed by atoms with Gasteiger partial charge < -0.3 is 16.0 Å². The van der Waals surface area contributed by atoms with Crippen LogP contribution in [0.4, 0.5) is 16.2 Å². The lowest BCUT2D eigenvalue weighted by molar-refractivity contribution is -0.114. The lowest BCUT2D eigenvalue weighted by atomic mass is 10.2. The number of anilines is 2. The standard InChI is InChI=1S/C20H24N4O5S/c1-3-4-12-21-20(27)24-30(28,29)18-10-8-16(9-11-18)23-19(26)15-6-5-7-17(13-15)22-14(2)25/h5-11,13H,3-4,12H2,1-2H3,(H,22,25)(H,23,26)(H2,21,24,27). The molecule has 2 rings (SSSR count). The summed E-state index contributed by atoms with van der Waals surface area (Å²) in [6, 6.07) is 11.0. The van der Waals surface area contributed by atoms with Gasteiger partial charge in [0, 0.05) is 30.4 Å². The minimum absolute atomic E-state index is 0.112. The number of rotatable bonds is 8. The number of unbranched alkanes of at least 4 members (excludes halogenated alkanes) is 1. The van der Waals surface area contributed by atoms with Gasteiger partial charge in [0.2, 0.25) is 5.91 Å². The first-order valence-electron chi connectivity index (χ1n) is 9.31. The molecule has 2 aromatic rings. The van der Waals surface area contributed by atoms with Crippen molar-refractivity contribution >= 4 is 39.2 Å². The van der Waals surface area contributed by atoms with Crippen LogP contribution in [-0.2, 0) is 14.8 Å². The summed E-state index contributed by atoms with van der Waals surface area (Å²) in [7, 11) is -4.03. The molecule has 0 aliphatic carbocycles. The molecule has 2 aromatic carbocycles. The van der Waals surface area contributed by atoms with Crippen LogP contribution < -0.4 is 20.7 Å². The van der Waals surface area contributed by atoms with Crippen molar-refractivity contribution in [3.8, 4) is 0 Å². The van der Waals surface area contributed by atoms with Gasteiger partial charge in [-0.15, -0.1) is 0 Å². The van der Waals surface area contributed by atoms with Gasteiger partial charge in [-0.2, -0.15) is 0 Å². The van der Waals surface area contributed by atoms with Crippen molar-refractivity contribution in [2.75, 3.05) is 17.2 Å². The normalized spacial score (nSPS) is 10.7. The predicted molar refractivity (Wildman–Crippen MR) is 114 cm³/mol. The lowest BCUT2D eigenvalue weighted by Crippen LogP contribution is -2.39. The molecule has 4 N–H and O–H groups in total. The third-order valence-electron chi connectivity index (χ3n) is 3.91. The average molecular weight is 433 g/mol. The smallest absolute Gasteiger partial charge is 0.328 e. The fourth-order valence-corrected chi connectivity index (χ4v) is 3.39. The minimum atomic E-state index is -4.03. The van der Waals surface area contributed by atoms with Gasteiger partial charge in [0.05, 0.1) is 4.90 Å². The maximum absolute atomic E-state index is 12.4. The third kappa shape index (κ3) is 6.89. The van der Waals surface area contributed by atoms with Crippen LogP contribution >= 0.6 is 0 Å². The van der Waals surface area contributed by atoms with Crippen LogP contribution in [0.1, 0.15) is 37.0 Å². The highest BCUT2D eigenvalue weighted by atomic mass is 32.2. The topological polar surface area (TPSA) is 133 Å². The summed E-state index contributed by atoms with van der Waals surface area (Å²) in [6.07, 6.45) is 1.62. The van der Waals surface area contributed by atoms with E-state index in [0.29, 0.717) is 23.5 Å². The van der Waals surface area contributed by atoms with Gasteiger partial charge in [-0.05, 0) is 48.9 Å². The summed E-state index contributed by atoms with van der Waals surface area (Å²) in [6.45, 7) is 3.70. The largest absolute Gasteiger partial charge is 0.337 e. The van der Waals surface area contributed by atoms with Crippen LogP contribution in [0.5, 0.6) is 0 Å². The van der Waals surface area contributed by atoms with Gasteiger partial charge in [0.15, 0.2) is 0 Å². The molecule has 10 heteroatoms. The second-order valence-corrected chi connectivity index (χ2v) is 8.14. The van der Waals surface area contributed by atoms with E-state index in [9.17, 15) is 22.8 Å². The fourth-order valence-electron chi connectivity index (χ4n) is 2.46. The SMILES string of the molecule is CCCCNC(=O)NS(=O)(=O)c1ccc(NC(=O)c2cccc(NC(C)=O)c2)cc1. The molecule has 0 aliphatic rings. The Balaban J connectivity index is 2.02. The van der Waals surface area contributed by atoms with Crippen LogP contribution in [0.25, 0.3) is 0 Å². The quantitative estimate of drug-likeness (QED) is 0.476. The number of hydrogen-bond acceptors (Lipinski definition) is 5. The van der Waals surface area contributed by atoms with E-state index < -0.39 is 22.0 Å². The molecule has 0 aromatic heterocycles. The van der Waals surface area contributed by atoms with Crippen LogP contribution in [0.15, 0.2) is 53.4 Å². The van der Waals surface area contributed by atoms with Crippen molar-refractivity contribution in [1.29, 1.82) is 0 Å². The van der Waals surface area contributed by atoms with Crippen molar-refractivity contribution in [3.63, 3.8) is 0 Å². The Labute approximate surface area is 175 Å². The first-order valence-corrected chi connectivity index (χ1v) is 10.8. The van der Waals surface area contributed by atoms with Gasteiger partial charge >= 0.3 is 6.03 Å². The summed E-state index contributed by atoms with van der Waals surface area (Å²) >= 11 is 0. The molecular weight excluding hydrogens is 408 g/mol. The number of amides is 4. The first kappa shape index (κ1) is 22.9. The summed E-state index contributed by atoms with van der Waals surface area (Å²) in [5.41, 5.74) is 1.18. The van der Waals surface area contributed by atoms with Crippen LogP contribution in [0.2, 0.25) is 0 Å². The van der Waals surface area contributed by atoms with Gasteiger partial charge in [-0.1, -0.05) is 19.4 Å². The maximum atomic E-state index is 12.4. The van der Waals surface area contributed by atoms with E-state index in [1.54, 1.807) is 18.2 Å². The molecule has 0 unspecified atom stereocenters. The maximum Gasteiger partial charge on any atom is 0.328 e. The minimum Gasteiger partial charge on any atom is -0.337 e. The van der Waals surface area contributed by atoms with Crippen molar-refractivity contribution in [3.05, 3.63) is 54.1 Å². The van der Waals surface area contributed by atoms with Crippen molar-refractivity contribution in [1.82, 2.24) is 10.0 Å². The number of carbonyl (C=O) groups excluding carboxylic acids is 3. The molecule has 0 radical (unpaired) electrons. The fraction of sp³-hybridized carbons (Fsp3) is 0.250. The Bertz CT molecular complexity index is 1020. The molecule has 9 nitrogen and oxygen atoms in total. The summed E-state index contributed by atoms with van der Waals surface area (Å²) in [4.78, 5) is 35.1. The van der Waals surface area contributed by atoms with Gasteiger partial charge in [-0.25, -0.2) is 17.9 Å². The highest BCUT2D eigenvalue weighted by molar-refractivity contribution is 7.90. The van der Waals surface area contributed by atoms with Gasteiger partial charge in [-0.3, -0.25) is 9.59 Å². The molecule has 30 heavy (non-hydrogen) atoms. The zero-order valence-corrected chi connectivity index (χ0v) is 17.5. The molecular formula is C20H24N4O5S. The highest BCUT2D eigenvalue weighted by Gasteiger charge is 2.17. The molecule has 0 atom stereocenters. The number of carbonyl (C=O) groups is 3. The Hall–Kier alpha value is -3.40. The van der Waals surface area contributed by atoms with E-state index in [-0.39, 0.29) is 10.8 Å². The third-order valence-corrected chi connectivity index (χ3v) is 5.26. The van der Waals surface area contributed by atoms with Gasteiger partial charge in [0.1, 0.15) is 0 Å². The van der Waals surface area contributed by atoms with Crippen LogP contribution in [0.3, 0.4) is 0 Å². The van der Waals surface area contributed by atoms with Crippen LogP contribution in [0, 0.1) is 0 Å². The molecule has 0 bridgehead atoms. The number of sulfonamides is 1. The predicted octanol–water partition coefficient (Wildman–Crippen LogP) is 2.69. The molecule has 0 aliphatic heterocycles. The van der Waals surface area contributed by atoms with Crippen molar-refractivity contribution in [2.24, 2.45) is 0 Å². The molecule has 0 spiro atoms. The number of hydrogen-bond donors (Lipinski definition) is 4. The summed E-state index contributed by atoms with van der Waals surface area (Å²) < 4.78 is 26.5. The molecule has 0 saturated carbocycles. The Morgan fingerprint density at radius 3 is 2.27 bits per heavy atom. The summed E-state index contributed by atoms with van der Waals surface area (Å²) in [5.74, 6) is -0.678. The van der Waals surface area contributed by atoms with Crippen LogP contribution in [-0.4, -0.2) is 32.8 Å². The second-order valence-electron chi connectivity index (χ2n) is 6.46. The highest BCUT2D eigenvalue weighted by Crippen LogP contribution is 2.16. The van der Waals surface area contributed by atoms with E-state index >= 15 is 0 Å². The van der Waals surface area contributed by atoms with E-state index in [0.717, 1.165) is 12.8 Å². The molecule has 160 valence electrons.